The molecule has 0 amide bonds. The molecule has 1 aliphatic rings. The first kappa shape index (κ1) is 15.8. The van der Waals surface area contributed by atoms with Crippen LogP contribution in [0.25, 0.3) is 10.2 Å². The summed E-state index contributed by atoms with van der Waals surface area (Å²) < 4.78 is 20.9. The zero-order valence-electron chi connectivity index (χ0n) is 13.0. The number of ether oxygens (including phenoxy) is 1. The van der Waals surface area contributed by atoms with Crippen molar-refractivity contribution in [3.63, 3.8) is 0 Å². The van der Waals surface area contributed by atoms with Crippen molar-refractivity contribution < 1.29 is 9.13 Å². The van der Waals surface area contributed by atoms with Crippen molar-refractivity contribution in [3.8, 4) is 17.8 Å². The van der Waals surface area contributed by atoms with E-state index in [0.717, 1.165) is 19.1 Å². The number of benzene rings is 1. The SMILES string of the molecule is CC1(C)CB(C#N)CCC1Oc1cc2nc(C#N)sc2cc1F. The smallest absolute Gasteiger partial charge is 0.268 e. The lowest BCUT2D eigenvalue weighted by molar-refractivity contribution is 0.0725. The van der Waals surface area contributed by atoms with E-state index in [9.17, 15) is 4.39 Å². The molecule has 0 radical (unpaired) electrons. The summed E-state index contributed by atoms with van der Waals surface area (Å²) in [5, 5.41) is 18.3. The normalized spacial score (nSPS) is 20.0. The summed E-state index contributed by atoms with van der Waals surface area (Å²) in [6.45, 7) is 4.14. The zero-order chi connectivity index (χ0) is 16.6. The van der Waals surface area contributed by atoms with Gasteiger partial charge < -0.3 is 4.74 Å². The highest BCUT2D eigenvalue weighted by Crippen LogP contribution is 2.40. The highest BCUT2D eigenvalue weighted by molar-refractivity contribution is 7.19. The standard InChI is InChI=1S/C16H15BFN3OS/c1-16(2)8-17(9-20)4-3-14(16)22-12-6-11-13(5-10(12)18)23-15(7-19)21-11/h5-6,14H,3-4,8H2,1-2H3. The molecule has 2 heterocycles. The number of hydrogen-bond donors (Lipinski definition) is 0. The maximum atomic E-state index is 14.3. The van der Waals surface area contributed by atoms with Crippen molar-refractivity contribution in [3.05, 3.63) is 23.0 Å². The third kappa shape index (κ3) is 3.02. The minimum atomic E-state index is -0.441. The Labute approximate surface area is 138 Å². The van der Waals surface area contributed by atoms with Crippen molar-refractivity contribution in [1.82, 2.24) is 4.98 Å². The van der Waals surface area contributed by atoms with Gasteiger partial charge in [-0.3, -0.25) is 0 Å². The molecule has 2 aromatic rings. The highest BCUT2D eigenvalue weighted by atomic mass is 32.1. The van der Waals surface area contributed by atoms with E-state index in [2.05, 4.69) is 11.0 Å². The van der Waals surface area contributed by atoms with Gasteiger partial charge in [0.15, 0.2) is 16.6 Å². The van der Waals surface area contributed by atoms with E-state index in [1.807, 2.05) is 19.9 Å². The molecule has 1 atom stereocenters. The summed E-state index contributed by atoms with van der Waals surface area (Å²) in [5.74, 6) is 2.05. The van der Waals surface area contributed by atoms with Gasteiger partial charge in [0.25, 0.3) is 6.71 Å². The third-order valence-corrected chi connectivity index (χ3v) is 5.33. The number of nitrogens with zero attached hydrogens (tertiary/aromatic N) is 3. The first-order valence-corrected chi connectivity index (χ1v) is 8.31. The van der Waals surface area contributed by atoms with Gasteiger partial charge in [-0.2, -0.15) is 5.26 Å². The molecule has 116 valence electrons. The van der Waals surface area contributed by atoms with Crippen LogP contribution in [0.2, 0.25) is 12.6 Å². The molecule has 1 aliphatic heterocycles. The van der Waals surface area contributed by atoms with Gasteiger partial charge in [-0.15, -0.1) is 11.3 Å². The highest BCUT2D eigenvalue weighted by Gasteiger charge is 2.40. The van der Waals surface area contributed by atoms with Crippen LogP contribution in [-0.2, 0) is 0 Å². The number of rotatable bonds is 2. The molecule has 1 aromatic heterocycles. The quantitative estimate of drug-likeness (QED) is 0.781. The Morgan fingerprint density at radius 1 is 1.43 bits per heavy atom. The topological polar surface area (TPSA) is 69.7 Å². The van der Waals surface area contributed by atoms with E-state index in [-0.39, 0.29) is 24.0 Å². The maximum absolute atomic E-state index is 14.3. The average molecular weight is 327 g/mol. The minimum Gasteiger partial charge on any atom is -0.487 e. The fraction of sp³-hybridized carbons (Fsp3) is 0.438. The predicted molar refractivity (Wildman–Crippen MR) is 88.1 cm³/mol. The van der Waals surface area contributed by atoms with E-state index in [1.165, 1.54) is 17.4 Å². The van der Waals surface area contributed by atoms with Crippen LogP contribution in [0.15, 0.2) is 12.1 Å². The van der Waals surface area contributed by atoms with Crippen molar-refractivity contribution in [2.75, 3.05) is 0 Å². The summed E-state index contributed by atoms with van der Waals surface area (Å²) >= 11 is 1.17. The lowest BCUT2D eigenvalue weighted by Gasteiger charge is -2.39. The number of halogens is 1. The van der Waals surface area contributed by atoms with Gasteiger partial charge in [0.05, 0.1) is 10.2 Å². The van der Waals surface area contributed by atoms with Crippen molar-refractivity contribution in [2.45, 2.75) is 39.0 Å². The molecular weight excluding hydrogens is 312 g/mol. The summed E-state index contributed by atoms with van der Waals surface area (Å²) in [4.78, 5) is 4.16. The Kier molecular flexibility index (Phi) is 4.00. The van der Waals surface area contributed by atoms with Crippen molar-refractivity contribution in [1.29, 1.82) is 10.5 Å². The van der Waals surface area contributed by atoms with Gasteiger partial charge in [0, 0.05) is 12.0 Å². The van der Waals surface area contributed by atoms with Gasteiger partial charge in [0.1, 0.15) is 12.2 Å². The van der Waals surface area contributed by atoms with Gasteiger partial charge in [-0.05, 0) is 17.9 Å². The minimum absolute atomic E-state index is 0.0360. The molecule has 0 aliphatic carbocycles. The van der Waals surface area contributed by atoms with Gasteiger partial charge in [-0.25, -0.2) is 14.6 Å². The lowest BCUT2D eigenvalue weighted by Crippen LogP contribution is -2.42. The number of hydrogen-bond acceptors (Lipinski definition) is 5. The van der Waals surface area contributed by atoms with Crippen LogP contribution >= 0.6 is 11.3 Å². The molecule has 7 heteroatoms. The fourth-order valence-electron chi connectivity index (χ4n) is 3.16. The lowest BCUT2D eigenvalue weighted by atomic mass is 9.38. The van der Waals surface area contributed by atoms with Gasteiger partial charge in [-0.1, -0.05) is 26.5 Å². The number of fused-ring (bicyclic) bond motifs is 1. The van der Waals surface area contributed by atoms with E-state index in [4.69, 9.17) is 15.3 Å². The zero-order valence-corrected chi connectivity index (χ0v) is 13.8. The van der Waals surface area contributed by atoms with Crippen molar-refractivity contribution >= 4 is 28.3 Å². The Hall–Kier alpha value is -2.12. The van der Waals surface area contributed by atoms with Crippen LogP contribution in [0.5, 0.6) is 5.75 Å². The monoisotopic (exact) mass is 327 g/mol. The summed E-state index contributed by atoms with van der Waals surface area (Å²) in [6.07, 6.45) is 2.09. The first-order valence-electron chi connectivity index (χ1n) is 7.49. The summed E-state index contributed by atoms with van der Waals surface area (Å²) in [6, 6.07) is 4.91. The number of nitriles is 2. The molecule has 0 saturated carbocycles. The summed E-state index contributed by atoms with van der Waals surface area (Å²) in [7, 11) is 0. The second-order valence-electron chi connectivity index (χ2n) is 6.58. The van der Waals surface area contributed by atoms with Crippen LogP contribution in [0.4, 0.5) is 4.39 Å². The average Bonchev–Trinajstić information content (AvgIpc) is 2.90. The first-order chi connectivity index (χ1) is 10.9. The third-order valence-electron chi connectivity index (χ3n) is 4.41. The van der Waals surface area contributed by atoms with E-state index in [0.29, 0.717) is 15.2 Å². The van der Waals surface area contributed by atoms with Gasteiger partial charge >= 0.3 is 0 Å². The van der Waals surface area contributed by atoms with Crippen LogP contribution in [0.1, 0.15) is 25.3 Å². The molecule has 4 nitrogen and oxygen atoms in total. The molecule has 0 N–H and O–H groups in total. The van der Waals surface area contributed by atoms with Crippen molar-refractivity contribution in [2.24, 2.45) is 5.41 Å². The summed E-state index contributed by atoms with van der Waals surface area (Å²) in [5.41, 5.74) is 0.381. The Morgan fingerprint density at radius 2 is 2.22 bits per heavy atom. The molecule has 23 heavy (non-hydrogen) atoms. The number of thiazole rings is 1. The van der Waals surface area contributed by atoms with Crippen LogP contribution in [0.3, 0.4) is 0 Å². The molecular formula is C16H15BFN3OS. The van der Waals surface area contributed by atoms with E-state index < -0.39 is 5.82 Å². The largest absolute Gasteiger partial charge is 0.487 e. The fourth-order valence-corrected chi connectivity index (χ4v) is 3.93. The number of aromatic nitrogens is 1. The Bertz CT molecular complexity index is 836. The molecule has 0 spiro atoms. The molecule has 0 bridgehead atoms. The molecule has 1 aromatic carbocycles. The molecule has 3 rings (SSSR count). The second kappa shape index (κ2) is 5.83. The second-order valence-corrected chi connectivity index (χ2v) is 7.61. The van der Waals surface area contributed by atoms with Crippen LogP contribution in [0, 0.1) is 33.8 Å². The predicted octanol–water partition coefficient (Wildman–Crippen LogP) is 4.04. The van der Waals surface area contributed by atoms with Crippen LogP contribution in [-0.4, -0.2) is 17.8 Å². The maximum Gasteiger partial charge on any atom is 0.268 e. The Balaban J connectivity index is 1.88. The van der Waals surface area contributed by atoms with Gasteiger partial charge in [0.2, 0.25) is 0 Å². The molecule has 1 unspecified atom stereocenters. The Morgan fingerprint density at radius 3 is 2.87 bits per heavy atom. The molecule has 1 saturated heterocycles. The van der Waals surface area contributed by atoms with Crippen LogP contribution < -0.4 is 4.74 Å². The molecule has 1 fully saturated rings. The van der Waals surface area contributed by atoms with E-state index >= 15 is 0 Å². The van der Waals surface area contributed by atoms with E-state index in [1.54, 1.807) is 6.07 Å².